The molecule has 3 N–H and O–H groups in total. The molecule has 1 rings (SSSR count). The first-order valence-electron chi connectivity index (χ1n) is 3.87. The van der Waals surface area contributed by atoms with Crippen molar-refractivity contribution in [1.29, 1.82) is 0 Å². The first-order chi connectivity index (χ1) is 4.88. The fourth-order valence-electron chi connectivity index (χ4n) is 1.35. The Kier molecular flexibility index (Phi) is 3.12. The molecule has 0 aromatic rings. The van der Waals surface area contributed by atoms with E-state index < -0.39 is 0 Å². The van der Waals surface area contributed by atoms with Crippen LogP contribution in [-0.2, 0) is 0 Å². The molecule has 0 aromatic heterocycles. The van der Waals surface area contributed by atoms with E-state index >= 15 is 0 Å². The molecule has 1 heterocycles. The van der Waals surface area contributed by atoms with Gasteiger partial charge in [0.05, 0.1) is 0 Å². The largest absolute Gasteiger partial charge is 0.396 e. The van der Waals surface area contributed by atoms with Crippen molar-refractivity contribution in [3.63, 3.8) is 0 Å². The van der Waals surface area contributed by atoms with Gasteiger partial charge in [0.2, 0.25) is 0 Å². The number of hydrogen-bond acceptors (Lipinski definition) is 3. The first-order valence-corrected chi connectivity index (χ1v) is 3.87. The van der Waals surface area contributed by atoms with Crippen LogP contribution >= 0.6 is 0 Å². The molecule has 0 saturated carbocycles. The summed E-state index contributed by atoms with van der Waals surface area (Å²) in [5.41, 5.74) is 0. The van der Waals surface area contributed by atoms with Crippen LogP contribution in [0.2, 0.25) is 0 Å². The molecule has 1 saturated heterocycles. The molecule has 1 aliphatic rings. The van der Waals surface area contributed by atoms with E-state index in [0.717, 1.165) is 25.4 Å². The van der Waals surface area contributed by atoms with Gasteiger partial charge in [-0.2, -0.15) is 0 Å². The third kappa shape index (κ3) is 1.68. The van der Waals surface area contributed by atoms with E-state index in [9.17, 15) is 0 Å². The van der Waals surface area contributed by atoms with Gasteiger partial charge in [-0.1, -0.05) is 0 Å². The lowest BCUT2D eigenvalue weighted by Gasteiger charge is -2.34. The molecular formula is C7H16N2O. The topological polar surface area (TPSA) is 44.3 Å². The van der Waals surface area contributed by atoms with Gasteiger partial charge in [0.1, 0.15) is 0 Å². The highest BCUT2D eigenvalue weighted by atomic mass is 16.3. The summed E-state index contributed by atoms with van der Waals surface area (Å²) in [7, 11) is 1.96. The third-order valence-corrected chi connectivity index (χ3v) is 2.19. The van der Waals surface area contributed by atoms with Crippen LogP contribution in [0.3, 0.4) is 0 Å². The SMILES string of the molecule is CNC(CCO)C1CNC1. The van der Waals surface area contributed by atoms with Gasteiger partial charge < -0.3 is 15.7 Å². The molecular weight excluding hydrogens is 128 g/mol. The Morgan fingerprint density at radius 2 is 2.40 bits per heavy atom. The van der Waals surface area contributed by atoms with Crippen LogP contribution in [0.4, 0.5) is 0 Å². The van der Waals surface area contributed by atoms with Crippen LogP contribution in [-0.4, -0.2) is 37.9 Å². The van der Waals surface area contributed by atoms with Crippen molar-refractivity contribution in [1.82, 2.24) is 10.6 Å². The van der Waals surface area contributed by atoms with E-state index in [2.05, 4.69) is 10.6 Å². The zero-order valence-electron chi connectivity index (χ0n) is 6.43. The maximum absolute atomic E-state index is 8.68. The standard InChI is InChI=1S/C7H16N2O/c1-8-7(2-3-10)6-4-9-5-6/h6-10H,2-5H2,1H3. The zero-order chi connectivity index (χ0) is 7.40. The molecule has 3 heteroatoms. The van der Waals surface area contributed by atoms with Crippen LogP contribution in [0, 0.1) is 5.92 Å². The fraction of sp³-hybridized carbons (Fsp3) is 1.00. The first kappa shape index (κ1) is 7.98. The van der Waals surface area contributed by atoms with Gasteiger partial charge in [-0.05, 0) is 19.4 Å². The predicted molar refractivity (Wildman–Crippen MR) is 40.9 cm³/mol. The van der Waals surface area contributed by atoms with E-state index in [1.54, 1.807) is 0 Å². The van der Waals surface area contributed by atoms with E-state index in [1.165, 1.54) is 0 Å². The number of nitrogens with one attached hydrogen (secondary N) is 2. The van der Waals surface area contributed by atoms with Crippen molar-refractivity contribution in [3.8, 4) is 0 Å². The van der Waals surface area contributed by atoms with Gasteiger partial charge in [-0.15, -0.1) is 0 Å². The van der Waals surface area contributed by atoms with Gasteiger partial charge in [0, 0.05) is 25.7 Å². The molecule has 0 aromatic carbocycles. The minimum atomic E-state index is 0.294. The minimum absolute atomic E-state index is 0.294. The normalized spacial score (nSPS) is 22.2. The molecule has 0 bridgehead atoms. The fourth-order valence-corrected chi connectivity index (χ4v) is 1.35. The van der Waals surface area contributed by atoms with Crippen LogP contribution in [0.1, 0.15) is 6.42 Å². The Hall–Kier alpha value is -0.120. The highest BCUT2D eigenvalue weighted by Crippen LogP contribution is 2.11. The molecule has 0 aliphatic carbocycles. The van der Waals surface area contributed by atoms with Gasteiger partial charge >= 0.3 is 0 Å². The monoisotopic (exact) mass is 144 g/mol. The van der Waals surface area contributed by atoms with E-state index in [0.29, 0.717) is 12.6 Å². The molecule has 60 valence electrons. The Morgan fingerprint density at radius 1 is 1.70 bits per heavy atom. The average Bonchev–Trinajstić information content (AvgIpc) is 1.83. The number of rotatable bonds is 4. The molecule has 1 fully saturated rings. The maximum atomic E-state index is 8.68. The number of hydrogen-bond donors (Lipinski definition) is 3. The molecule has 0 amide bonds. The number of aliphatic hydroxyl groups is 1. The summed E-state index contributed by atoms with van der Waals surface area (Å²) in [4.78, 5) is 0. The summed E-state index contributed by atoms with van der Waals surface area (Å²) < 4.78 is 0. The third-order valence-electron chi connectivity index (χ3n) is 2.19. The minimum Gasteiger partial charge on any atom is -0.396 e. The lowest BCUT2D eigenvalue weighted by atomic mass is 9.92. The summed E-state index contributed by atoms with van der Waals surface area (Å²) in [6.45, 7) is 2.50. The molecule has 1 unspecified atom stereocenters. The van der Waals surface area contributed by atoms with Gasteiger partial charge in [0.25, 0.3) is 0 Å². The van der Waals surface area contributed by atoms with Crippen LogP contribution in [0.5, 0.6) is 0 Å². The lowest BCUT2D eigenvalue weighted by Crippen LogP contribution is -2.52. The van der Waals surface area contributed by atoms with Crippen LogP contribution < -0.4 is 10.6 Å². The molecule has 0 spiro atoms. The highest BCUT2D eigenvalue weighted by molar-refractivity contribution is 4.85. The Balaban J connectivity index is 2.17. The highest BCUT2D eigenvalue weighted by Gasteiger charge is 2.24. The van der Waals surface area contributed by atoms with Gasteiger partial charge in [0.15, 0.2) is 0 Å². The van der Waals surface area contributed by atoms with Crippen LogP contribution in [0.25, 0.3) is 0 Å². The average molecular weight is 144 g/mol. The predicted octanol–water partition coefficient (Wildman–Crippen LogP) is -0.824. The van der Waals surface area contributed by atoms with Gasteiger partial charge in [-0.3, -0.25) is 0 Å². The van der Waals surface area contributed by atoms with Crippen molar-refractivity contribution in [2.45, 2.75) is 12.5 Å². The summed E-state index contributed by atoms with van der Waals surface area (Å²) >= 11 is 0. The Morgan fingerprint density at radius 3 is 2.70 bits per heavy atom. The molecule has 10 heavy (non-hydrogen) atoms. The van der Waals surface area contributed by atoms with Crippen molar-refractivity contribution in [3.05, 3.63) is 0 Å². The molecule has 3 nitrogen and oxygen atoms in total. The second kappa shape index (κ2) is 3.91. The second-order valence-corrected chi connectivity index (χ2v) is 2.83. The lowest BCUT2D eigenvalue weighted by molar-refractivity contribution is 0.205. The Bertz CT molecular complexity index is 93.6. The van der Waals surface area contributed by atoms with Crippen molar-refractivity contribution in [2.24, 2.45) is 5.92 Å². The maximum Gasteiger partial charge on any atom is 0.0445 e. The molecule has 0 radical (unpaired) electrons. The molecule has 1 atom stereocenters. The summed E-state index contributed by atoms with van der Waals surface area (Å²) in [5, 5.41) is 15.1. The van der Waals surface area contributed by atoms with Crippen molar-refractivity contribution in [2.75, 3.05) is 26.7 Å². The van der Waals surface area contributed by atoms with E-state index in [-0.39, 0.29) is 0 Å². The van der Waals surface area contributed by atoms with Crippen LogP contribution in [0.15, 0.2) is 0 Å². The van der Waals surface area contributed by atoms with Crippen molar-refractivity contribution < 1.29 is 5.11 Å². The van der Waals surface area contributed by atoms with Gasteiger partial charge in [-0.25, -0.2) is 0 Å². The summed E-state index contributed by atoms with van der Waals surface area (Å²) in [5.74, 6) is 0.733. The van der Waals surface area contributed by atoms with E-state index in [4.69, 9.17) is 5.11 Å². The van der Waals surface area contributed by atoms with E-state index in [1.807, 2.05) is 7.05 Å². The smallest absolute Gasteiger partial charge is 0.0445 e. The zero-order valence-corrected chi connectivity index (χ0v) is 6.43. The summed E-state index contributed by atoms with van der Waals surface area (Å²) in [6, 6.07) is 0.506. The quantitative estimate of drug-likeness (QED) is 0.483. The second-order valence-electron chi connectivity index (χ2n) is 2.83. The summed E-state index contributed by atoms with van der Waals surface area (Å²) in [6.07, 6.45) is 0.878. The van der Waals surface area contributed by atoms with Crippen molar-refractivity contribution >= 4 is 0 Å². The number of aliphatic hydroxyl groups excluding tert-OH is 1. The molecule has 1 aliphatic heterocycles. The Labute approximate surface area is 61.8 Å².